The van der Waals surface area contributed by atoms with Gasteiger partial charge in [-0.05, 0) is 24.6 Å². The van der Waals surface area contributed by atoms with Gasteiger partial charge in [-0.25, -0.2) is 0 Å². The van der Waals surface area contributed by atoms with Gasteiger partial charge in [0.15, 0.2) is 0 Å². The van der Waals surface area contributed by atoms with E-state index in [1.165, 1.54) is 0 Å². The van der Waals surface area contributed by atoms with Gasteiger partial charge in [-0.15, -0.1) is 0 Å². The maximum Gasteiger partial charge on any atom is 0.297 e. The maximum atomic E-state index is 11.6. The topological polar surface area (TPSA) is 67.6 Å². The number of hydrogen-bond donors (Lipinski definition) is 1. The molecule has 2 aromatic carbocycles. The fourth-order valence-corrected chi connectivity index (χ4v) is 3.01. The van der Waals surface area contributed by atoms with Crippen molar-refractivity contribution in [1.82, 2.24) is 0 Å². The van der Waals surface area contributed by atoms with E-state index in [1.807, 2.05) is 43.3 Å². The molecule has 1 aliphatic rings. The van der Waals surface area contributed by atoms with E-state index in [1.54, 1.807) is 6.07 Å². The molecule has 0 atom stereocenters. The fourth-order valence-electron chi connectivity index (χ4n) is 3.01. The highest BCUT2D eigenvalue weighted by Gasteiger charge is 2.23. The maximum absolute atomic E-state index is 11.6. The minimum Gasteiger partial charge on any atom is -0.378 e. The van der Waals surface area contributed by atoms with E-state index >= 15 is 0 Å². The minimum absolute atomic E-state index is 0.148. The second kappa shape index (κ2) is 7.31. The molecular formula is C18H21N3O3. The van der Waals surface area contributed by atoms with Gasteiger partial charge in [0.05, 0.1) is 23.7 Å². The molecule has 3 rings (SSSR count). The number of hydrogen-bond acceptors (Lipinski definition) is 5. The first-order valence-corrected chi connectivity index (χ1v) is 8.05. The van der Waals surface area contributed by atoms with Crippen LogP contribution in [0, 0.1) is 17.0 Å². The second-order valence-electron chi connectivity index (χ2n) is 5.80. The molecule has 0 aliphatic carbocycles. The molecule has 0 saturated carbocycles. The Morgan fingerprint density at radius 2 is 1.88 bits per heavy atom. The van der Waals surface area contributed by atoms with Crippen molar-refractivity contribution in [3.63, 3.8) is 0 Å². The lowest BCUT2D eigenvalue weighted by atomic mass is 10.1. The molecule has 1 heterocycles. The van der Waals surface area contributed by atoms with Crippen molar-refractivity contribution in [2.24, 2.45) is 0 Å². The summed E-state index contributed by atoms with van der Waals surface area (Å²) >= 11 is 0. The molecular weight excluding hydrogens is 306 g/mol. The van der Waals surface area contributed by atoms with Crippen molar-refractivity contribution >= 4 is 17.1 Å². The summed E-state index contributed by atoms with van der Waals surface area (Å²) in [4.78, 5) is 13.5. The molecule has 0 aromatic heterocycles. The first-order chi connectivity index (χ1) is 11.7. The van der Waals surface area contributed by atoms with Gasteiger partial charge in [0.25, 0.3) is 5.69 Å². The lowest BCUT2D eigenvalue weighted by Gasteiger charge is -2.30. The summed E-state index contributed by atoms with van der Waals surface area (Å²) in [7, 11) is 0. The van der Waals surface area contributed by atoms with E-state index in [-0.39, 0.29) is 10.6 Å². The van der Waals surface area contributed by atoms with Crippen molar-refractivity contribution in [3.05, 3.63) is 63.7 Å². The number of ether oxygens (including phenoxy) is 1. The number of rotatable bonds is 5. The van der Waals surface area contributed by atoms with Gasteiger partial charge in [-0.1, -0.05) is 30.3 Å². The molecule has 2 aromatic rings. The van der Waals surface area contributed by atoms with Gasteiger partial charge >= 0.3 is 0 Å². The number of nitro groups is 1. The highest BCUT2D eigenvalue weighted by atomic mass is 16.6. The average molecular weight is 327 g/mol. The quantitative estimate of drug-likeness (QED) is 0.674. The smallest absolute Gasteiger partial charge is 0.297 e. The summed E-state index contributed by atoms with van der Waals surface area (Å²) in [6.07, 6.45) is 0. The third kappa shape index (κ3) is 3.49. The Labute approximate surface area is 141 Å². The summed E-state index contributed by atoms with van der Waals surface area (Å²) in [6, 6.07) is 13.6. The average Bonchev–Trinajstić information content (AvgIpc) is 2.61. The van der Waals surface area contributed by atoms with Gasteiger partial charge in [0, 0.05) is 25.3 Å². The van der Waals surface area contributed by atoms with Crippen LogP contribution in [0.3, 0.4) is 0 Å². The van der Waals surface area contributed by atoms with Crippen LogP contribution in [-0.2, 0) is 11.3 Å². The molecule has 6 nitrogen and oxygen atoms in total. The normalized spacial score (nSPS) is 14.5. The largest absolute Gasteiger partial charge is 0.378 e. The van der Waals surface area contributed by atoms with Crippen LogP contribution in [0.4, 0.5) is 17.1 Å². The van der Waals surface area contributed by atoms with Crippen LogP contribution >= 0.6 is 0 Å². The SMILES string of the molecule is Cc1c(N2CCOCC2)ccc(NCc2ccccc2)c1[N+](=O)[O-]. The van der Waals surface area contributed by atoms with E-state index in [0.29, 0.717) is 31.0 Å². The van der Waals surface area contributed by atoms with Crippen LogP contribution in [0.1, 0.15) is 11.1 Å². The molecule has 0 unspecified atom stereocenters. The first kappa shape index (κ1) is 16.3. The third-order valence-corrected chi connectivity index (χ3v) is 4.26. The summed E-state index contributed by atoms with van der Waals surface area (Å²) in [5.74, 6) is 0. The predicted molar refractivity (Wildman–Crippen MR) is 94.6 cm³/mol. The van der Waals surface area contributed by atoms with Crippen LogP contribution in [-0.4, -0.2) is 31.2 Å². The molecule has 1 saturated heterocycles. The van der Waals surface area contributed by atoms with E-state index in [9.17, 15) is 10.1 Å². The Bertz CT molecular complexity index is 713. The van der Waals surface area contributed by atoms with Crippen molar-refractivity contribution in [3.8, 4) is 0 Å². The molecule has 0 spiro atoms. The van der Waals surface area contributed by atoms with E-state index in [2.05, 4.69) is 10.2 Å². The number of morpholine rings is 1. The number of benzene rings is 2. The Kier molecular flexibility index (Phi) is 4.96. The van der Waals surface area contributed by atoms with Crippen molar-refractivity contribution in [1.29, 1.82) is 0 Å². The molecule has 1 aliphatic heterocycles. The zero-order chi connectivity index (χ0) is 16.9. The summed E-state index contributed by atoms with van der Waals surface area (Å²) in [5.41, 5.74) is 3.39. The number of nitrogens with one attached hydrogen (secondary N) is 1. The van der Waals surface area contributed by atoms with Gasteiger partial charge in [0.2, 0.25) is 0 Å². The highest BCUT2D eigenvalue weighted by molar-refractivity contribution is 5.74. The Morgan fingerprint density at radius 1 is 1.17 bits per heavy atom. The zero-order valence-electron chi connectivity index (χ0n) is 13.7. The molecule has 6 heteroatoms. The lowest BCUT2D eigenvalue weighted by molar-refractivity contribution is -0.384. The van der Waals surface area contributed by atoms with E-state index in [0.717, 1.165) is 24.3 Å². The zero-order valence-corrected chi connectivity index (χ0v) is 13.7. The van der Waals surface area contributed by atoms with Gasteiger partial charge < -0.3 is 15.0 Å². The highest BCUT2D eigenvalue weighted by Crippen LogP contribution is 2.35. The number of nitro benzene ring substituents is 1. The minimum atomic E-state index is -0.299. The number of nitrogens with zero attached hydrogens (tertiary/aromatic N) is 2. The summed E-state index contributed by atoms with van der Waals surface area (Å²) in [5, 5.41) is 14.8. The molecule has 0 amide bonds. The van der Waals surface area contributed by atoms with E-state index < -0.39 is 0 Å². The molecule has 1 fully saturated rings. The van der Waals surface area contributed by atoms with Crippen molar-refractivity contribution < 1.29 is 9.66 Å². The van der Waals surface area contributed by atoms with Crippen molar-refractivity contribution in [2.75, 3.05) is 36.5 Å². The van der Waals surface area contributed by atoms with E-state index in [4.69, 9.17) is 4.74 Å². The second-order valence-corrected chi connectivity index (χ2v) is 5.80. The molecule has 126 valence electrons. The van der Waals surface area contributed by atoms with Crippen molar-refractivity contribution in [2.45, 2.75) is 13.5 Å². The lowest BCUT2D eigenvalue weighted by Crippen LogP contribution is -2.36. The van der Waals surface area contributed by atoms with Crippen LogP contribution in [0.5, 0.6) is 0 Å². The van der Waals surface area contributed by atoms with Crippen LogP contribution < -0.4 is 10.2 Å². The summed E-state index contributed by atoms with van der Waals surface area (Å²) in [6.45, 7) is 5.20. The monoisotopic (exact) mass is 327 g/mol. The van der Waals surface area contributed by atoms with Crippen LogP contribution in [0.15, 0.2) is 42.5 Å². The Morgan fingerprint density at radius 3 is 2.54 bits per heavy atom. The standard InChI is InChI=1S/C18H21N3O3/c1-14-17(20-9-11-24-12-10-20)8-7-16(18(14)21(22)23)19-13-15-5-3-2-4-6-15/h2-8,19H,9-13H2,1H3. The first-order valence-electron chi connectivity index (χ1n) is 8.05. The number of anilines is 2. The molecule has 1 N–H and O–H groups in total. The van der Waals surface area contributed by atoms with Gasteiger partial charge in [0.1, 0.15) is 5.69 Å². The third-order valence-electron chi connectivity index (χ3n) is 4.26. The predicted octanol–water partition coefficient (Wildman–Crippen LogP) is 3.35. The Hall–Kier alpha value is -2.60. The fraction of sp³-hybridized carbons (Fsp3) is 0.333. The van der Waals surface area contributed by atoms with Crippen LogP contribution in [0.25, 0.3) is 0 Å². The van der Waals surface area contributed by atoms with Crippen LogP contribution in [0.2, 0.25) is 0 Å². The van der Waals surface area contributed by atoms with Gasteiger partial charge in [-0.2, -0.15) is 0 Å². The Balaban J connectivity index is 1.86. The summed E-state index contributed by atoms with van der Waals surface area (Å²) < 4.78 is 5.36. The van der Waals surface area contributed by atoms with Gasteiger partial charge in [-0.3, -0.25) is 10.1 Å². The molecule has 24 heavy (non-hydrogen) atoms. The molecule has 0 radical (unpaired) electrons. The molecule has 0 bridgehead atoms.